The molecule has 0 fully saturated rings. The van der Waals surface area contributed by atoms with Crippen molar-refractivity contribution in [3.63, 3.8) is 0 Å². The zero-order valence-corrected chi connectivity index (χ0v) is 24.5. The fraction of sp³-hybridized carbons (Fsp3) is 0.484. The molecule has 2 aromatic carbocycles. The molecule has 0 aromatic heterocycles. The highest BCUT2D eigenvalue weighted by atomic mass is 16.6. The van der Waals surface area contributed by atoms with Crippen LogP contribution in [0.2, 0.25) is 0 Å². The van der Waals surface area contributed by atoms with Crippen LogP contribution < -0.4 is 16.0 Å². The fourth-order valence-electron chi connectivity index (χ4n) is 3.86. The normalized spacial score (nSPS) is 13.6. The average molecular weight is 554 g/mol. The largest absolute Gasteiger partial charge is 0.459 e. The van der Waals surface area contributed by atoms with E-state index in [4.69, 9.17) is 9.47 Å². The van der Waals surface area contributed by atoms with Gasteiger partial charge in [-0.1, -0.05) is 88.4 Å². The van der Waals surface area contributed by atoms with Crippen molar-refractivity contribution < 1.29 is 28.7 Å². The Morgan fingerprint density at radius 1 is 0.700 bits per heavy atom. The number of ether oxygens (including phenoxy) is 2. The predicted octanol–water partition coefficient (Wildman–Crippen LogP) is 4.15. The Hall–Kier alpha value is -3.88. The van der Waals surface area contributed by atoms with E-state index in [2.05, 4.69) is 16.0 Å². The maximum absolute atomic E-state index is 13.4. The number of esters is 1. The summed E-state index contributed by atoms with van der Waals surface area (Å²) in [4.78, 5) is 52.2. The van der Waals surface area contributed by atoms with E-state index in [-0.39, 0.29) is 24.9 Å². The van der Waals surface area contributed by atoms with Crippen molar-refractivity contribution in [3.05, 3.63) is 71.8 Å². The molecule has 218 valence electrons. The SMILES string of the molecule is CC(C)[C@H](NC(=O)[C@H](Cc1ccccc1)NC(=O)OC(C)(C)C)C(=O)N[C@H](C(=O)OCc1ccccc1)C(C)C. The minimum Gasteiger partial charge on any atom is -0.459 e. The minimum absolute atomic E-state index is 0.0839. The molecule has 0 unspecified atom stereocenters. The van der Waals surface area contributed by atoms with Gasteiger partial charge in [-0.3, -0.25) is 9.59 Å². The van der Waals surface area contributed by atoms with Crippen LogP contribution in [0, 0.1) is 11.8 Å². The van der Waals surface area contributed by atoms with Gasteiger partial charge in [0.15, 0.2) is 0 Å². The lowest BCUT2D eigenvalue weighted by Gasteiger charge is -2.28. The number of rotatable bonds is 12. The third-order valence-corrected chi connectivity index (χ3v) is 5.98. The van der Waals surface area contributed by atoms with Gasteiger partial charge >= 0.3 is 12.1 Å². The second-order valence-corrected chi connectivity index (χ2v) is 11.4. The van der Waals surface area contributed by atoms with E-state index in [0.717, 1.165) is 11.1 Å². The van der Waals surface area contributed by atoms with Gasteiger partial charge in [0, 0.05) is 6.42 Å². The lowest BCUT2D eigenvalue weighted by atomic mass is 9.99. The lowest BCUT2D eigenvalue weighted by molar-refractivity contribution is -0.150. The van der Waals surface area contributed by atoms with Crippen LogP contribution in [0.4, 0.5) is 4.79 Å². The van der Waals surface area contributed by atoms with Crippen LogP contribution >= 0.6 is 0 Å². The summed E-state index contributed by atoms with van der Waals surface area (Å²) in [5.41, 5.74) is 0.906. The van der Waals surface area contributed by atoms with Crippen molar-refractivity contribution in [3.8, 4) is 0 Å². The van der Waals surface area contributed by atoms with Gasteiger partial charge in [0.2, 0.25) is 11.8 Å². The molecule has 0 saturated heterocycles. The summed E-state index contributed by atoms with van der Waals surface area (Å²) in [5, 5.41) is 8.17. The number of hydrogen-bond acceptors (Lipinski definition) is 6. The smallest absolute Gasteiger partial charge is 0.408 e. The maximum atomic E-state index is 13.4. The van der Waals surface area contributed by atoms with Gasteiger partial charge in [-0.05, 0) is 43.7 Å². The first-order chi connectivity index (χ1) is 18.8. The summed E-state index contributed by atoms with van der Waals surface area (Å²) in [7, 11) is 0. The van der Waals surface area contributed by atoms with Gasteiger partial charge in [0.1, 0.15) is 30.3 Å². The van der Waals surface area contributed by atoms with Gasteiger partial charge < -0.3 is 25.4 Å². The standard InChI is InChI=1S/C31H43N3O6/c1-20(2)25(28(36)34-26(21(3)4)29(37)39-19-23-16-12-9-13-17-23)33-27(35)24(18-22-14-10-8-11-15-22)32-30(38)40-31(5,6)7/h8-17,20-21,24-26H,18-19H2,1-7H3,(H,32,38)(H,33,35)(H,34,36)/t24-,25-,26-/m0/s1. The summed E-state index contributed by atoms with van der Waals surface area (Å²) in [6.45, 7) is 12.5. The highest BCUT2D eigenvalue weighted by Crippen LogP contribution is 2.12. The van der Waals surface area contributed by atoms with Gasteiger partial charge in [-0.15, -0.1) is 0 Å². The number of nitrogens with one attached hydrogen (secondary N) is 3. The van der Waals surface area contributed by atoms with Crippen LogP contribution in [0.25, 0.3) is 0 Å². The van der Waals surface area contributed by atoms with Crippen LogP contribution in [0.3, 0.4) is 0 Å². The fourth-order valence-corrected chi connectivity index (χ4v) is 3.86. The average Bonchev–Trinajstić information content (AvgIpc) is 2.88. The van der Waals surface area contributed by atoms with Crippen molar-refractivity contribution >= 4 is 23.9 Å². The Labute approximate surface area is 237 Å². The molecule has 0 aliphatic heterocycles. The molecule has 9 nitrogen and oxygen atoms in total. The zero-order chi connectivity index (χ0) is 29.9. The van der Waals surface area contributed by atoms with Crippen LogP contribution in [0.1, 0.15) is 59.6 Å². The lowest BCUT2D eigenvalue weighted by Crippen LogP contribution is -2.58. The molecular formula is C31H43N3O6. The third-order valence-electron chi connectivity index (χ3n) is 5.98. The van der Waals surface area contributed by atoms with E-state index < -0.39 is 47.6 Å². The Morgan fingerprint density at radius 3 is 1.70 bits per heavy atom. The zero-order valence-electron chi connectivity index (χ0n) is 24.5. The first-order valence-corrected chi connectivity index (χ1v) is 13.6. The quantitative estimate of drug-likeness (QED) is 0.340. The van der Waals surface area contributed by atoms with Gasteiger partial charge in [-0.25, -0.2) is 9.59 Å². The minimum atomic E-state index is -0.997. The number of benzene rings is 2. The van der Waals surface area contributed by atoms with Crippen molar-refractivity contribution in [2.24, 2.45) is 11.8 Å². The summed E-state index contributed by atoms with van der Waals surface area (Å²) in [6.07, 6.45) is -0.547. The Balaban J connectivity index is 2.14. The molecule has 2 aromatic rings. The van der Waals surface area contributed by atoms with Crippen LogP contribution in [-0.4, -0.2) is 47.6 Å². The molecule has 3 N–H and O–H groups in total. The molecule has 0 aliphatic rings. The first-order valence-electron chi connectivity index (χ1n) is 13.6. The molecule has 3 amide bonds. The Kier molecular flexibility index (Phi) is 12.2. The summed E-state index contributed by atoms with van der Waals surface area (Å²) in [6, 6.07) is 15.6. The highest BCUT2D eigenvalue weighted by Gasteiger charge is 2.33. The summed E-state index contributed by atoms with van der Waals surface area (Å²) < 4.78 is 10.8. The van der Waals surface area contributed by atoms with Crippen molar-refractivity contribution in [1.29, 1.82) is 0 Å². The van der Waals surface area contributed by atoms with E-state index >= 15 is 0 Å². The Bertz CT molecular complexity index is 1110. The van der Waals surface area contributed by atoms with E-state index in [1.54, 1.807) is 48.5 Å². The summed E-state index contributed by atoms with van der Waals surface area (Å²) >= 11 is 0. The summed E-state index contributed by atoms with van der Waals surface area (Å²) in [5.74, 6) is -2.19. The van der Waals surface area contributed by atoms with Crippen molar-refractivity contribution in [1.82, 2.24) is 16.0 Å². The third kappa shape index (κ3) is 11.1. The van der Waals surface area contributed by atoms with Crippen LogP contribution in [-0.2, 0) is 36.9 Å². The number of carbonyl (C=O) groups is 4. The number of hydrogen-bond donors (Lipinski definition) is 3. The molecule has 3 atom stereocenters. The first kappa shape index (κ1) is 32.3. The monoisotopic (exact) mass is 553 g/mol. The molecule has 0 radical (unpaired) electrons. The van der Waals surface area contributed by atoms with Gasteiger partial charge in [0.25, 0.3) is 0 Å². The van der Waals surface area contributed by atoms with E-state index in [9.17, 15) is 19.2 Å². The van der Waals surface area contributed by atoms with E-state index in [1.807, 2.05) is 60.7 Å². The van der Waals surface area contributed by atoms with Crippen molar-refractivity contribution in [2.75, 3.05) is 0 Å². The molecule has 9 heteroatoms. The topological polar surface area (TPSA) is 123 Å². The van der Waals surface area contributed by atoms with Gasteiger partial charge in [0.05, 0.1) is 0 Å². The Morgan fingerprint density at radius 2 is 1.20 bits per heavy atom. The molecular weight excluding hydrogens is 510 g/mol. The number of alkyl carbamates (subject to hydrolysis) is 1. The molecule has 40 heavy (non-hydrogen) atoms. The molecule has 2 rings (SSSR count). The van der Waals surface area contributed by atoms with E-state index in [0.29, 0.717) is 0 Å². The molecule has 0 heterocycles. The van der Waals surface area contributed by atoms with E-state index in [1.165, 1.54) is 0 Å². The molecule has 0 saturated carbocycles. The van der Waals surface area contributed by atoms with Crippen LogP contribution in [0.15, 0.2) is 60.7 Å². The predicted molar refractivity (Wildman–Crippen MR) is 153 cm³/mol. The highest BCUT2D eigenvalue weighted by molar-refractivity contribution is 5.93. The second kappa shape index (κ2) is 15.1. The molecule has 0 aliphatic carbocycles. The maximum Gasteiger partial charge on any atom is 0.408 e. The van der Waals surface area contributed by atoms with Crippen molar-refractivity contribution in [2.45, 2.75) is 85.2 Å². The number of amides is 3. The van der Waals surface area contributed by atoms with Gasteiger partial charge in [-0.2, -0.15) is 0 Å². The number of carbonyl (C=O) groups excluding carboxylic acids is 4. The second-order valence-electron chi connectivity index (χ2n) is 11.4. The molecule has 0 bridgehead atoms. The van der Waals surface area contributed by atoms with Crippen LogP contribution in [0.5, 0.6) is 0 Å². The molecule has 0 spiro atoms.